The molecule has 0 spiro atoms. The molecule has 0 aromatic heterocycles. The van der Waals surface area contributed by atoms with Crippen molar-refractivity contribution in [3.63, 3.8) is 0 Å². The molecule has 0 saturated carbocycles. The first kappa shape index (κ1) is 78.4. The summed E-state index contributed by atoms with van der Waals surface area (Å²) >= 11 is 0. The van der Waals surface area contributed by atoms with Crippen LogP contribution in [0.25, 0.3) is 77.9 Å². The summed E-state index contributed by atoms with van der Waals surface area (Å²) in [6.07, 6.45) is 1.52. The van der Waals surface area contributed by atoms with Crippen molar-refractivity contribution in [1.29, 1.82) is 0 Å². The number of hydrogen-bond acceptors (Lipinski definition) is 12. The molecular formula is C84H98N8O12. The van der Waals surface area contributed by atoms with E-state index in [-0.39, 0.29) is 36.9 Å². The van der Waals surface area contributed by atoms with Crippen molar-refractivity contribution >= 4 is 47.3 Å². The molecule has 4 atom stereocenters. The Morgan fingerprint density at radius 1 is 0.288 bits per heavy atom. The quantitative estimate of drug-likeness (QED) is 0.0184. The molecule has 8 rings (SSSR count). The van der Waals surface area contributed by atoms with Crippen LogP contribution in [0.2, 0.25) is 0 Å². The van der Waals surface area contributed by atoms with Gasteiger partial charge in [0.15, 0.2) is 26.4 Å². The number of amides is 8. The third kappa shape index (κ3) is 21.9. The van der Waals surface area contributed by atoms with E-state index < -0.39 is 84.6 Å². The van der Waals surface area contributed by atoms with Crippen LogP contribution in [0.1, 0.15) is 103 Å². The minimum atomic E-state index is -0.870. The van der Waals surface area contributed by atoms with E-state index in [1.165, 1.54) is 0 Å². The molecule has 0 unspecified atom stereocenters. The van der Waals surface area contributed by atoms with Gasteiger partial charge in [0.2, 0.25) is 23.6 Å². The van der Waals surface area contributed by atoms with Crippen molar-refractivity contribution in [3.8, 4) is 101 Å². The first-order valence-electron chi connectivity index (χ1n) is 35.2. The lowest BCUT2D eigenvalue weighted by Crippen LogP contribution is -2.46. The fraction of sp³-hybridized carbons (Fsp3) is 0.333. The van der Waals surface area contributed by atoms with E-state index in [1.54, 1.807) is 36.4 Å². The minimum absolute atomic E-state index is 0.0959. The maximum Gasteiger partial charge on any atom is 0.258 e. The summed E-state index contributed by atoms with van der Waals surface area (Å²) in [5.41, 5.74) is 38.9. The molecular weight excluding hydrogens is 1310 g/mol. The molecule has 0 bridgehead atoms. The van der Waals surface area contributed by atoms with Crippen LogP contribution < -0.4 is 63.1 Å². The molecule has 0 radical (unpaired) electrons. The van der Waals surface area contributed by atoms with E-state index in [9.17, 15) is 38.4 Å². The molecule has 0 fully saturated rings. The Balaban J connectivity index is 1.02. The van der Waals surface area contributed by atoms with Gasteiger partial charge in [-0.1, -0.05) is 177 Å². The molecule has 0 aliphatic carbocycles. The highest BCUT2D eigenvalue weighted by atomic mass is 16.5. The summed E-state index contributed by atoms with van der Waals surface area (Å²) in [5.74, 6) is -2.41. The highest BCUT2D eigenvalue weighted by Crippen LogP contribution is 2.42. The Hall–Kier alpha value is -11.3. The Bertz CT molecular complexity index is 4190. The predicted molar refractivity (Wildman–Crippen MR) is 408 cm³/mol. The highest BCUT2D eigenvalue weighted by molar-refractivity contribution is 5.91. The van der Waals surface area contributed by atoms with Crippen LogP contribution in [-0.4, -0.2) is 97.9 Å². The van der Waals surface area contributed by atoms with Gasteiger partial charge in [-0.2, -0.15) is 0 Å². The normalized spacial score (nSPS) is 12.4. The summed E-state index contributed by atoms with van der Waals surface area (Å²) in [4.78, 5) is 101. The molecule has 20 heteroatoms. The minimum Gasteiger partial charge on any atom is -0.484 e. The van der Waals surface area contributed by atoms with Crippen molar-refractivity contribution in [2.45, 2.75) is 133 Å². The maximum absolute atomic E-state index is 13.4. The average Bonchev–Trinajstić information content (AvgIpc) is 0.790. The third-order valence-corrected chi connectivity index (χ3v) is 17.7. The van der Waals surface area contributed by atoms with Crippen molar-refractivity contribution in [1.82, 2.24) is 21.3 Å². The van der Waals surface area contributed by atoms with Crippen LogP contribution in [0.5, 0.6) is 23.0 Å². The van der Waals surface area contributed by atoms with E-state index >= 15 is 0 Å². The van der Waals surface area contributed by atoms with E-state index in [0.717, 1.165) is 100 Å². The number of carbonyl (C=O) groups excluding carboxylic acids is 8. The second-order valence-electron chi connectivity index (χ2n) is 28.4. The highest BCUT2D eigenvalue weighted by Gasteiger charge is 2.26. The standard InChI is InChI=1S/C84H98N8O12/c1-47(2)31-71(81(85)97)89-77(93)43-101-63-17-13-15-55(39-63)61-23-29-69(75(41-61)103-45-79(95)91-73(83(87)99)33-49(5)6)67-27-21-59(37-53(67)11)57-19-25-65(51(9)35-57)66-26-20-58(36-52(66)10)60-22-28-68(54(12)38-60)70-30-24-62(42-76(70)104-46-80(96)92-74(84(88)100)34-50(7)8)56-16-14-18-64(40-56)102-44-78(94)90-72(82(86)98)32-48(3)4/h13-30,35-42,47-50,71-74H,31-34,43-46H2,1-12H3,(H2,85,97)(H2,86,98)(H2,87,99)(H2,88,100)(H,89,93)(H,90,94)(H,91,95)(H,92,96)/t71-,72-,73-,74-/m0/s1. The first-order valence-corrected chi connectivity index (χ1v) is 35.2. The molecule has 8 aromatic carbocycles. The zero-order valence-electron chi connectivity index (χ0n) is 61.5. The second-order valence-corrected chi connectivity index (χ2v) is 28.4. The number of hydrogen-bond donors (Lipinski definition) is 8. The second kappa shape index (κ2) is 36.0. The smallest absolute Gasteiger partial charge is 0.258 e. The van der Waals surface area contributed by atoms with Gasteiger partial charge in [0.1, 0.15) is 47.2 Å². The summed E-state index contributed by atoms with van der Waals surface area (Å²) in [6, 6.07) is 47.8. The van der Waals surface area contributed by atoms with Gasteiger partial charge < -0.3 is 63.1 Å². The van der Waals surface area contributed by atoms with Crippen LogP contribution in [-0.2, 0) is 38.4 Å². The number of nitrogens with two attached hydrogens (primary N) is 4. The van der Waals surface area contributed by atoms with Gasteiger partial charge >= 0.3 is 0 Å². The topological polar surface area (TPSA) is 326 Å². The number of nitrogens with one attached hydrogen (secondary N) is 4. The number of ether oxygens (including phenoxy) is 4. The van der Waals surface area contributed by atoms with Crippen LogP contribution in [0.3, 0.4) is 0 Å². The van der Waals surface area contributed by atoms with Crippen LogP contribution in [0.15, 0.2) is 158 Å². The summed E-state index contributed by atoms with van der Waals surface area (Å²) in [5, 5.41) is 10.8. The van der Waals surface area contributed by atoms with Crippen molar-refractivity contribution in [3.05, 3.63) is 180 Å². The largest absolute Gasteiger partial charge is 0.484 e. The Kier molecular flexibility index (Phi) is 27.2. The van der Waals surface area contributed by atoms with Crippen molar-refractivity contribution < 1.29 is 57.3 Å². The zero-order valence-corrected chi connectivity index (χ0v) is 61.5. The van der Waals surface area contributed by atoms with Crippen LogP contribution in [0, 0.1) is 51.4 Å². The molecule has 546 valence electrons. The summed E-state index contributed by atoms with van der Waals surface area (Å²) in [7, 11) is 0. The lowest BCUT2D eigenvalue weighted by Gasteiger charge is -2.19. The van der Waals surface area contributed by atoms with Crippen LogP contribution in [0.4, 0.5) is 0 Å². The Labute approximate surface area is 609 Å². The van der Waals surface area contributed by atoms with E-state index in [0.29, 0.717) is 48.7 Å². The molecule has 0 aliphatic heterocycles. The monoisotopic (exact) mass is 1410 g/mol. The molecule has 0 heterocycles. The van der Waals surface area contributed by atoms with Gasteiger partial charge in [-0.3, -0.25) is 38.4 Å². The van der Waals surface area contributed by atoms with Crippen molar-refractivity contribution in [2.24, 2.45) is 46.6 Å². The fourth-order valence-corrected chi connectivity index (χ4v) is 12.6. The number of benzene rings is 8. The lowest BCUT2D eigenvalue weighted by molar-refractivity contribution is -0.128. The van der Waals surface area contributed by atoms with Crippen molar-refractivity contribution in [2.75, 3.05) is 26.4 Å². The van der Waals surface area contributed by atoms with Gasteiger partial charge in [-0.05, 0) is 202 Å². The fourth-order valence-electron chi connectivity index (χ4n) is 12.6. The number of rotatable bonds is 35. The molecule has 104 heavy (non-hydrogen) atoms. The predicted octanol–water partition coefficient (Wildman–Crippen LogP) is 12.2. The van der Waals surface area contributed by atoms with Gasteiger partial charge in [-0.15, -0.1) is 0 Å². The average molecular weight is 1410 g/mol. The number of aryl methyl sites for hydroxylation is 4. The lowest BCUT2D eigenvalue weighted by atomic mass is 9.89. The molecule has 20 nitrogen and oxygen atoms in total. The molecule has 8 aromatic rings. The zero-order chi connectivity index (χ0) is 75.6. The summed E-state index contributed by atoms with van der Waals surface area (Å²) in [6.45, 7) is 22.3. The van der Waals surface area contributed by atoms with Gasteiger partial charge in [0, 0.05) is 11.1 Å². The Morgan fingerprint density at radius 2 is 0.510 bits per heavy atom. The Morgan fingerprint density at radius 3 is 0.750 bits per heavy atom. The van der Waals surface area contributed by atoms with Gasteiger partial charge in [0.25, 0.3) is 23.6 Å². The first-order chi connectivity index (χ1) is 49.4. The maximum atomic E-state index is 13.4. The molecule has 0 aliphatic rings. The van der Waals surface area contributed by atoms with E-state index in [1.807, 2.05) is 130 Å². The van der Waals surface area contributed by atoms with Gasteiger partial charge in [0.05, 0.1) is 0 Å². The van der Waals surface area contributed by atoms with E-state index in [4.69, 9.17) is 41.9 Å². The molecule has 8 amide bonds. The SMILES string of the molecule is Cc1cc(-c2ccc(-c3ccc(-c4cccc(OCC(=O)N[C@@H](CC(C)C)C(N)=O)c4)cc3OCC(=O)N[C@@H](CC(C)C)C(N)=O)c(C)c2)ccc1-c1ccc(-c2ccc(-c3ccc(-c4cccc(OCC(=O)N[C@@H](CC(C)C)C(N)=O)c4)cc3OCC(=O)N[C@@H](CC(C)C)C(N)=O)c(C)c2)cc1C. The van der Waals surface area contributed by atoms with Gasteiger partial charge in [-0.25, -0.2) is 0 Å². The van der Waals surface area contributed by atoms with E-state index in [2.05, 4.69) is 95.8 Å². The molecule has 0 saturated heterocycles. The van der Waals surface area contributed by atoms with Crippen LogP contribution >= 0.6 is 0 Å². The third-order valence-electron chi connectivity index (χ3n) is 17.7. The molecule has 12 N–H and O–H groups in total. The number of primary amides is 4. The summed E-state index contributed by atoms with van der Waals surface area (Å²) < 4.78 is 24.5. The number of carbonyl (C=O) groups is 8.